The number of rotatable bonds is 0. The fourth-order valence-corrected chi connectivity index (χ4v) is 0.606. The van der Waals surface area contributed by atoms with Crippen molar-refractivity contribution < 1.29 is 27.0 Å². The molecule has 0 fully saturated rings. The quantitative estimate of drug-likeness (QED) is 0.538. The summed E-state index contributed by atoms with van der Waals surface area (Å²) in [6.07, 6.45) is -0.341. The van der Waals surface area contributed by atoms with Gasteiger partial charge in [-0.15, -0.1) is 0 Å². The molecule has 1 unspecified atom stereocenters. The van der Waals surface area contributed by atoms with Crippen LogP contribution < -0.4 is 0 Å². The first-order valence-corrected chi connectivity index (χ1v) is 2.89. The number of ether oxygens (including phenoxy) is 2. The van der Waals surface area contributed by atoms with Crippen molar-refractivity contribution in [2.75, 3.05) is 0 Å². The lowest BCUT2D eigenvalue weighted by molar-refractivity contribution is -0.150. The van der Waals surface area contributed by atoms with Crippen LogP contribution in [0.15, 0.2) is 24.1 Å². The van der Waals surface area contributed by atoms with Crippen LogP contribution in [0.3, 0.4) is 0 Å². The van der Waals surface area contributed by atoms with E-state index in [9.17, 15) is 17.6 Å². The van der Waals surface area contributed by atoms with Crippen molar-refractivity contribution in [1.29, 1.82) is 0 Å². The van der Waals surface area contributed by atoms with Crippen LogP contribution in [0.2, 0.25) is 0 Å². The molecule has 1 heterocycles. The topological polar surface area (TPSA) is 18.5 Å². The van der Waals surface area contributed by atoms with Crippen molar-refractivity contribution >= 4 is 0 Å². The summed E-state index contributed by atoms with van der Waals surface area (Å²) in [5.74, 6) is -3.88. The number of halogens is 4. The zero-order chi connectivity index (χ0) is 9.35. The molecule has 1 rings (SSSR count). The number of hydrogen-bond donors (Lipinski definition) is 0. The summed E-state index contributed by atoms with van der Waals surface area (Å²) in [5, 5.41) is 0. The van der Waals surface area contributed by atoms with Crippen molar-refractivity contribution in [3.05, 3.63) is 24.1 Å². The van der Waals surface area contributed by atoms with Crippen LogP contribution in [0.1, 0.15) is 6.92 Å². The predicted molar refractivity (Wildman–Crippen MR) is 30.1 cm³/mol. The first kappa shape index (κ1) is 8.89. The highest BCUT2D eigenvalue weighted by atomic mass is 19.2. The van der Waals surface area contributed by atoms with E-state index in [1.807, 2.05) is 0 Å². The summed E-state index contributed by atoms with van der Waals surface area (Å²) < 4.78 is 56.4. The SMILES string of the molecule is CC1(F)OC(F)=C(F)O/C1=C\F. The van der Waals surface area contributed by atoms with Gasteiger partial charge in [0.2, 0.25) is 5.76 Å². The van der Waals surface area contributed by atoms with Gasteiger partial charge in [-0.1, -0.05) is 0 Å². The van der Waals surface area contributed by atoms with Gasteiger partial charge < -0.3 is 9.47 Å². The Morgan fingerprint density at radius 2 is 1.92 bits per heavy atom. The van der Waals surface area contributed by atoms with Crippen LogP contribution >= 0.6 is 0 Å². The average Bonchev–Trinajstić information content (AvgIpc) is 1.96. The Balaban J connectivity index is 3.00. The van der Waals surface area contributed by atoms with Gasteiger partial charge in [-0.2, -0.15) is 13.2 Å². The third-order valence-electron chi connectivity index (χ3n) is 1.17. The fraction of sp³-hybridized carbons (Fsp3) is 0.333. The molecule has 1 aliphatic rings. The standard InChI is InChI=1S/C6H4F4O2/c1-6(10)3(2-7)11-4(8)5(9)12-6/h2H,1H3/b3-2-. The van der Waals surface area contributed by atoms with E-state index in [0.717, 1.165) is 0 Å². The minimum absolute atomic E-state index is 0.341. The molecule has 0 aliphatic carbocycles. The minimum atomic E-state index is -2.81. The van der Waals surface area contributed by atoms with Gasteiger partial charge in [-0.25, -0.2) is 4.39 Å². The van der Waals surface area contributed by atoms with Crippen molar-refractivity contribution in [1.82, 2.24) is 0 Å². The monoisotopic (exact) mass is 184 g/mol. The van der Waals surface area contributed by atoms with E-state index in [4.69, 9.17) is 0 Å². The summed E-state index contributed by atoms with van der Waals surface area (Å²) in [5.41, 5.74) is 0. The maximum absolute atomic E-state index is 12.9. The second kappa shape index (κ2) is 2.69. The lowest BCUT2D eigenvalue weighted by Crippen LogP contribution is -2.29. The molecule has 68 valence electrons. The molecule has 0 radical (unpaired) electrons. The highest BCUT2D eigenvalue weighted by Crippen LogP contribution is 2.35. The van der Waals surface area contributed by atoms with Gasteiger partial charge in [0.1, 0.15) is 6.33 Å². The molecule has 0 saturated heterocycles. The molecule has 0 aromatic rings. The van der Waals surface area contributed by atoms with Crippen LogP contribution in [-0.2, 0) is 9.47 Å². The van der Waals surface area contributed by atoms with Crippen molar-refractivity contribution in [3.8, 4) is 0 Å². The Bertz CT molecular complexity index is 256. The lowest BCUT2D eigenvalue weighted by Gasteiger charge is -2.25. The van der Waals surface area contributed by atoms with Crippen LogP contribution in [0.4, 0.5) is 17.6 Å². The zero-order valence-corrected chi connectivity index (χ0v) is 5.91. The van der Waals surface area contributed by atoms with Gasteiger partial charge in [-0.3, -0.25) is 0 Å². The molecule has 0 amide bonds. The van der Waals surface area contributed by atoms with Crippen LogP contribution in [-0.4, -0.2) is 5.85 Å². The fourth-order valence-electron chi connectivity index (χ4n) is 0.606. The smallest absolute Gasteiger partial charge is 0.352 e. The van der Waals surface area contributed by atoms with E-state index in [2.05, 4.69) is 9.47 Å². The molecule has 0 spiro atoms. The molecule has 12 heavy (non-hydrogen) atoms. The van der Waals surface area contributed by atoms with E-state index in [1.165, 1.54) is 0 Å². The Labute approximate surface area is 65.1 Å². The van der Waals surface area contributed by atoms with Crippen molar-refractivity contribution in [3.63, 3.8) is 0 Å². The summed E-state index contributed by atoms with van der Waals surface area (Å²) in [6.45, 7) is 0.685. The largest absolute Gasteiger partial charge is 0.422 e. The van der Waals surface area contributed by atoms with Gasteiger partial charge in [-0.05, 0) is 0 Å². The molecule has 0 bridgehead atoms. The summed E-state index contributed by atoms with van der Waals surface area (Å²) in [7, 11) is 0. The normalized spacial score (nSPS) is 33.2. The highest BCUT2D eigenvalue weighted by Gasteiger charge is 2.41. The molecular formula is C6H4F4O2. The predicted octanol–water partition coefficient (Wildman–Crippen LogP) is 2.60. The van der Waals surface area contributed by atoms with E-state index in [0.29, 0.717) is 6.92 Å². The van der Waals surface area contributed by atoms with E-state index >= 15 is 0 Å². The second-order valence-corrected chi connectivity index (χ2v) is 2.14. The molecule has 2 nitrogen and oxygen atoms in total. The van der Waals surface area contributed by atoms with E-state index in [-0.39, 0.29) is 6.33 Å². The summed E-state index contributed by atoms with van der Waals surface area (Å²) in [4.78, 5) is 0. The highest BCUT2D eigenvalue weighted by molar-refractivity contribution is 5.09. The third-order valence-corrected chi connectivity index (χ3v) is 1.17. The average molecular weight is 184 g/mol. The first-order chi connectivity index (χ1) is 5.47. The Morgan fingerprint density at radius 3 is 2.42 bits per heavy atom. The second-order valence-electron chi connectivity index (χ2n) is 2.14. The van der Waals surface area contributed by atoms with Gasteiger partial charge in [0.25, 0.3) is 0 Å². The van der Waals surface area contributed by atoms with Gasteiger partial charge in [0, 0.05) is 6.92 Å². The summed E-state index contributed by atoms with van der Waals surface area (Å²) >= 11 is 0. The maximum Gasteiger partial charge on any atom is 0.352 e. The summed E-state index contributed by atoms with van der Waals surface area (Å²) in [6, 6.07) is -3.64. The molecule has 0 aromatic heterocycles. The molecule has 0 aromatic carbocycles. The van der Waals surface area contributed by atoms with Gasteiger partial charge in [0.05, 0.1) is 0 Å². The molecule has 1 aliphatic heterocycles. The van der Waals surface area contributed by atoms with Gasteiger partial charge in [0.15, 0.2) is 0 Å². The van der Waals surface area contributed by atoms with Crippen LogP contribution in [0.5, 0.6) is 0 Å². The first-order valence-electron chi connectivity index (χ1n) is 2.89. The maximum atomic E-state index is 12.9. The number of alkyl halides is 1. The molecule has 6 heteroatoms. The lowest BCUT2D eigenvalue weighted by atomic mass is 10.3. The van der Waals surface area contributed by atoms with E-state index in [1.54, 1.807) is 0 Å². The van der Waals surface area contributed by atoms with Crippen molar-refractivity contribution in [2.45, 2.75) is 12.8 Å². The molecule has 1 atom stereocenters. The third kappa shape index (κ3) is 1.37. The molecule has 0 saturated carbocycles. The van der Waals surface area contributed by atoms with Gasteiger partial charge >= 0.3 is 17.9 Å². The Kier molecular flexibility index (Phi) is 1.99. The van der Waals surface area contributed by atoms with Crippen LogP contribution in [0, 0.1) is 0 Å². The Morgan fingerprint density at radius 1 is 1.33 bits per heavy atom. The van der Waals surface area contributed by atoms with E-state index < -0.39 is 23.6 Å². The van der Waals surface area contributed by atoms with Crippen molar-refractivity contribution in [2.24, 2.45) is 0 Å². The zero-order valence-electron chi connectivity index (χ0n) is 5.91. The van der Waals surface area contributed by atoms with Crippen LogP contribution in [0.25, 0.3) is 0 Å². The Hall–Kier alpha value is -1.20. The number of hydrogen-bond acceptors (Lipinski definition) is 2. The minimum Gasteiger partial charge on any atom is -0.422 e. The molecular weight excluding hydrogens is 180 g/mol. The molecule has 0 N–H and O–H groups in total.